The summed E-state index contributed by atoms with van der Waals surface area (Å²) in [4.78, 5) is 24.9. The zero-order valence-corrected chi connectivity index (χ0v) is 14.2. The van der Waals surface area contributed by atoms with Crippen LogP contribution < -0.4 is 5.32 Å². The van der Waals surface area contributed by atoms with Crippen molar-refractivity contribution in [1.82, 2.24) is 4.90 Å². The Morgan fingerprint density at radius 3 is 2.92 bits per heavy atom. The summed E-state index contributed by atoms with van der Waals surface area (Å²) in [7, 11) is 0. The number of carbonyl (C=O) groups is 1. The molecule has 7 heteroatoms. The number of rotatable bonds is 6. The minimum absolute atomic E-state index is 0.00185. The lowest BCUT2D eigenvalue weighted by Gasteiger charge is -2.37. The fraction of sp³-hybridized carbons (Fsp3) is 0.588. The van der Waals surface area contributed by atoms with Gasteiger partial charge in [-0.2, -0.15) is 0 Å². The van der Waals surface area contributed by atoms with Crippen molar-refractivity contribution in [2.45, 2.75) is 51.7 Å². The molecule has 2 rings (SSSR count). The van der Waals surface area contributed by atoms with E-state index in [0.717, 1.165) is 25.8 Å². The number of likely N-dealkylation sites (tertiary alicyclic amines) is 1. The van der Waals surface area contributed by atoms with Crippen LogP contribution in [0.25, 0.3) is 0 Å². The minimum Gasteiger partial charge on any atom is -0.392 e. The molecule has 2 unspecified atom stereocenters. The molecule has 132 valence electrons. The molecule has 0 bridgehead atoms. The number of anilines is 1. The second-order valence-corrected chi connectivity index (χ2v) is 6.34. The van der Waals surface area contributed by atoms with Gasteiger partial charge in [0.15, 0.2) is 0 Å². The molecule has 24 heavy (non-hydrogen) atoms. The summed E-state index contributed by atoms with van der Waals surface area (Å²) < 4.78 is 0. The highest BCUT2D eigenvalue weighted by Gasteiger charge is 2.26. The molecule has 2 atom stereocenters. The molecule has 1 aliphatic rings. The molecule has 1 aliphatic heterocycles. The Morgan fingerprint density at radius 2 is 2.25 bits per heavy atom. The Kier molecular flexibility index (Phi) is 6.28. The van der Waals surface area contributed by atoms with Gasteiger partial charge in [-0.15, -0.1) is 0 Å². The van der Waals surface area contributed by atoms with Gasteiger partial charge >= 0.3 is 0 Å². The molecule has 1 saturated heterocycles. The molecular formula is C17H25N3O4. The molecule has 1 aromatic rings. The van der Waals surface area contributed by atoms with E-state index >= 15 is 0 Å². The van der Waals surface area contributed by atoms with E-state index in [1.165, 1.54) is 6.07 Å². The van der Waals surface area contributed by atoms with E-state index in [9.17, 15) is 20.0 Å². The number of nitro benzene ring substituents is 1. The lowest BCUT2D eigenvalue weighted by Crippen LogP contribution is -2.46. The van der Waals surface area contributed by atoms with Gasteiger partial charge in [0.25, 0.3) is 5.69 Å². The van der Waals surface area contributed by atoms with Crippen molar-refractivity contribution in [3.8, 4) is 0 Å². The van der Waals surface area contributed by atoms with Crippen LogP contribution in [0.5, 0.6) is 0 Å². The summed E-state index contributed by atoms with van der Waals surface area (Å²) in [5.41, 5.74) is 0.925. The van der Waals surface area contributed by atoms with Crippen molar-refractivity contribution in [2.24, 2.45) is 0 Å². The number of hydrogen-bond acceptors (Lipinski definition) is 5. The highest BCUT2D eigenvalue weighted by atomic mass is 16.6. The molecule has 1 fully saturated rings. The van der Waals surface area contributed by atoms with E-state index in [1.54, 1.807) is 26.0 Å². The number of nitrogens with zero attached hydrogens (tertiary/aromatic N) is 2. The maximum Gasteiger partial charge on any atom is 0.274 e. The number of carbonyl (C=O) groups excluding carboxylic acids is 1. The van der Waals surface area contributed by atoms with Crippen molar-refractivity contribution >= 4 is 17.3 Å². The largest absolute Gasteiger partial charge is 0.392 e. The Hall–Kier alpha value is -1.99. The van der Waals surface area contributed by atoms with Gasteiger partial charge in [0, 0.05) is 25.1 Å². The maximum absolute atomic E-state index is 12.2. The average Bonchev–Trinajstić information content (AvgIpc) is 2.54. The van der Waals surface area contributed by atoms with Gasteiger partial charge in [-0.25, -0.2) is 0 Å². The first-order chi connectivity index (χ1) is 11.4. The van der Waals surface area contributed by atoms with Crippen LogP contribution in [-0.4, -0.2) is 46.1 Å². The van der Waals surface area contributed by atoms with Crippen LogP contribution >= 0.6 is 0 Å². The molecule has 1 aromatic carbocycles. The summed E-state index contributed by atoms with van der Waals surface area (Å²) in [6, 6.07) is 4.76. The van der Waals surface area contributed by atoms with Crippen LogP contribution in [-0.2, 0) is 4.79 Å². The Bertz CT molecular complexity index is 603. The fourth-order valence-corrected chi connectivity index (χ4v) is 3.26. The van der Waals surface area contributed by atoms with Gasteiger partial charge in [0.1, 0.15) is 0 Å². The number of aliphatic hydroxyl groups is 1. The Balaban J connectivity index is 1.94. The van der Waals surface area contributed by atoms with Gasteiger partial charge in [-0.05, 0) is 39.3 Å². The van der Waals surface area contributed by atoms with E-state index in [1.807, 2.05) is 0 Å². The normalized spacial score (nSPS) is 19.7. The monoisotopic (exact) mass is 335 g/mol. The first-order valence-corrected chi connectivity index (χ1v) is 8.36. The highest BCUT2D eigenvalue weighted by Crippen LogP contribution is 2.25. The Labute approximate surface area is 141 Å². The smallest absolute Gasteiger partial charge is 0.274 e. The summed E-state index contributed by atoms with van der Waals surface area (Å²) in [6.07, 6.45) is 3.02. The van der Waals surface area contributed by atoms with Gasteiger partial charge in [0.05, 0.1) is 22.3 Å². The van der Waals surface area contributed by atoms with Crippen molar-refractivity contribution in [2.75, 3.05) is 18.4 Å². The summed E-state index contributed by atoms with van der Waals surface area (Å²) in [6.45, 7) is 4.88. The first kappa shape index (κ1) is 18.4. The molecular weight excluding hydrogens is 310 g/mol. The fourth-order valence-electron chi connectivity index (χ4n) is 3.26. The van der Waals surface area contributed by atoms with Gasteiger partial charge in [-0.1, -0.05) is 12.5 Å². The van der Waals surface area contributed by atoms with E-state index in [-0.39, 0.29) is 17.6 Å². The second kappa shape index (κ2) is 8.21. The van der Waals surface area contributed by atoms with E-state index in [2.05, 4.69) is 10.2 Å². The number of hydrogen-bond donors (Lipinski definition) is 2. The molecule has 1 heterocycles. The number of nitro groups is 1. The van der Waals surface area contributed by atoms with Crippen LogP contribution in [0.1, 0.15) is 38.2 Å². The third-order valence-electron chi connectivity index (χ3n) is 4.62. The van der Waals surface area contributed by atoms with Gasteiger partial charge in [0.2, 0.25) is 5.91 Å². The molecule has 0 saturated carbocycles. The maximum atomic E-state index is 12.2. The molecule has 7 nitrogen and oxygen atoms in total. The highest BCUT2D eigenvalue weighted by molar-refractivity contribution is 5.92. The van der Waals surface area contributed by atoms with Crippen molar-refractivity contribution in [3.05, 3.63) is 33.9 Å². The van der Waals surface area contributed by atoms with Crippen LogP contribution in [0.2, 0.25) is 0 Å². The quantitative estimate of drug-likeness (QED) is 0.615. The second-order valence-electron chi connectivity index (χ2n) is 6.34. The predicted molar refractivity (Wildman–Crippen MR) is 92.0 cm³/mol. The number of benzene rings is 1. The van der Waals surface area contributed by atoms with Crippen molar-refractivity contribution in [3.63, 3.8) is 0 Å². The number of nitrogens with one attached hydrogen (secondary N) is 1. The molecule has 0 aliphatic carbocycles. The SMILES string of the molecule is Cc1c(NC(=O)CCN2CCCCC2C(C)O)cccc1[N+](=O)[O-]. The topological polar surface area (TPSA) is 95.7 Å². The molecule has 0 radical (unpaired) electrons. The molecule has 1 amide bonds. The average molecular weight is 335 g/mol. The van der Waals surface area contributed by atoms with E-state index in [0.29, 0.717) is 24.2 Å². The molecule has 0 spiro atoms. The van der Waals surface area contributed by atoms with Crippen molar-refractivity contribution < 1.29 is 14.8 Å². The van der Waals surface area contributed by atoms with Crippen molar-refractivity contribution in [1.29, 1.82) is 0 Å². The third-order valence-corrected chi connectivity index (χ3v) is 4.62. The first-order valence-electron chi connectivity index (χ1n) is 8.36. The van der Waals surface area contributed by atoms with Crippen LogP contribution in [0.15, 0.2) is 18.2 Å². The third kappa shape index (κ3) is 4.52. The minimum atomic E-state index is -0.452. The zero-order valence-electron chi connectivity index (χ0n) is 14.2. The lowest BCUT2D eigenvalue weighted by atomic mass is 9.98. The van der Waals surface area contributed by atoms with Crippen LogP contribution in [0, 0.1) is 17.0 Å². The number of aliphatic hydroxyl groups excluding tert-OH is 1. The van der Waals surface area contributed by atoms with Crippen LogP contribution in [0.3, 0.4) is 0 Å². The van der Waals surface area contributed by atoms with Gasteiger partial charge in [-0.3, -0.25) is 19.8 Å². The Morgan fingerprint density at radius 1 is 1.50 bits per heavy atom. The standard InChI is InChI=1S/C17H25N3O4/c1-12-14(6-5-8-15(12)20(23)24)18-17(22)9-11-19-10-4-3-7-16(19)13(2)21/h5-6,8,13,16,21H,3-4,7,9-11H2,1-2H3,(H,18,22). The van der Waals surface area contributed by atoms with E-state index < -0.39 is 11.0 Å². The number of piperidine rings is 1. The molecule has 2 N–H and O–H groups in total. The number of amides is 1. The summed E-state index contributed by atoms with van der Waals surface area (Å²) in [5.74, 6) is -0.173. The summed E-state index contributed by atoms with van der Waals surface area (Å²) >= 11 is 0. The predicted octanol–water partition coefficient (Wildman–Crippen LogP) is 2.47. The van der Waals surface area contributed by atoms with E-state index in [4.69, 9.17) is 0 Å². The molecule has 0 aromatic heterocycles. The zero-order chi connectivity index (χ0) is 17.7. The summed E-state index contributed by atoms with van der Waals surface area (Å²) in [5, 5.41) is 23.6. The van der Waals surface area contributed by atoms with Crippen LogP contribution in [0.4, 0.5) is 11.4 Å². The lowest BCUT2D eigenvalue weighted by molar-refractivity contribution is -0.385. The van der Waals surface area contributed by atoms with Gasteiger partial charge < -0.3 is 10.4 Å².